The molecule has 0 atom stereocenters. The lowest BCUT2D eigenvalue weighted by atomic mass is 10.3. The lowest BCUT2D eigenvalue weighted by Gasteiger charge is -2.02. The van der Waals surface area contributed by atoms with Crippen LogP contribution in [0.25, 0.3) is 0 Å². The van der Waals surface area contributed by atoms with Crippen LogP contribution in [0, 0.1) is 0 Å². The molecule has 1 rings (SSSR count). The van der Waals surface area contributed by atoms with Gasteiger partial charge in [-0.2, -0.15) is 0 Å². The van der Waals surface area contributed by atoms with E-state index < -0.39 is 0 Å². The van der Waals surface area contributed by atoms with Crippen LogP contribution >= 0.6 is 15.9 Å². The molecule has 0 aromatic carbocycles. The number of amides is 1. The second-order valence-corrected chi connectivity index (χ2v) is 3.87. The van der Waals surface area contributed by atoms with E-state index >= 15 is 0 Å². The first kappa shape index (κ1) is 12.3. The van der Waals surface area contributed by atoms with Crippen LogP contribution in [0.2, 0.25) is 0 Å². The molecule has 1 heterocycles. The monoisotopic (exact) mass is 274 g/mol. The second kappa shape index (κ2) is 6.63. The molecule has 0 spiro atoms. The molecule has 0 fully saturated rings. The average molecular weight is 275 g/mol. The Morgan fingerprint density at radius 3 is 2.93 bits per heavy atom. The maximum absolute atomic E-state index is 11.1. The lowest BCUT2D eigenvalue weighted by molar-refractivity contribution is -0.120. The van der Waals surface area contributed by atoms with Crippen LogP contribution in [-0.4, -0.2) is 19.0 Å². The van der Waals surface area contributed by atoms with Crippen LogP contribution in [0.1, 0.15) is 19.1 Å². The zero-order valence-electron chi connectivity index (χ0n) is 8.68. The molecule has 15 heavy (non-hydrogen) atoms. The van der Waals surface area contributed by atoms with E-state index in [9.17, 15) is 4.79 Å². The quantitative estimate of drug-likeness (QED) is 0.776. The number of rotatable bonds is 6. The van der Waals surface area contributed by atoms with Crippen molar-refractivity contribution in [2.24, 2.45) is 0 Å². The van der Waals surface area contributed by atoms with Gasteiger partial charge in [0.1, 0.15) is 5.76 Å². The van der Waals surface area contributed by atoms with Crippen LogP contribution < -0.4 is 10.6 Å². The minimum absolute atomic E-state index is 0.0747. The minimum Gasteiger partial charge on any atom is -0.453 e. The van der Waals surface area contributed by atoms with E-state index in [2.05, 4.69) is 26.6 Å². The fraction of sp³-hybridized carbons (Fsp3) is 0.500. The van der Waals surface area contributed by atoms with Crippen molar-refractivity contribution in [2.75, 3.05) is 13.1 Å². The molecule has 0 saturated carbocycles. The molecule has 0 saturated heterocycles. The average Bonchev–Trinajstić information content (AvgIpc) is 2.60. The number of hydrogen-bond donors (Lipinski definition) is 2. The zero-order valence-corrected chi connectivity index (χ0v) is 10.3. The molecule has 0 bridgehead atoms. The van der Waals surface area contributed by atoms with Gasteiger partial charge in [0, 0.05) is 19.5 Å². The van der Waals surface area contributed by atoms with Gasteiger partial charge < -0.3 is 15.1 Å². The van der Waals surface area contributed by atoms with Gasteiger partial charge in [0.15, 0.2) is 4.67 Å². The first-order chi connectivity index (χ1) is 7.22. The summed E-state index contributed by atoms with van der Waals surface area (Å²) in [6.45, 7) is 3.89. The maximum Gasteiger partial charge on any atom is 0.221 e. The summed E-state index contributed by atoms with van der Waals surface area (Å²) >= 11 is 3.23. The molecule has 0 aliphatic heterocycles. The molecule has 0 unspecified atom stereocenters. The first-order valence-corrected chi connectivity index (χ1v) is 5.73. The van der Waals surface area contributed by atoms with Crippen molar-refractivity contribution >= 4 is 21.8 Å². The fourth-order valence-corrected chi connectivity index (χ4v) is 1.49. The Bertz CT molecular complexity index is 312. The molecule has 1 aromatic rings. The molecule has 5 heteroatoms. The van der Waals surface area contributed by atoms with Gasteiger partial charge in [-0.25, -0.2) is 0 Å². The van der Waals surface area contributed by atoms with Crippen molar-refractivity contribution in [3.8, 4) is 0 Å². The van der Waals surface area contributed by atoms with Crippen molar-refractivity contribution in [3.05, 3.63) is 22.6 Å². The predicted octanol–water partition coefficient (Wildman–Crippen LogP) is 1.66. The molecule has 2 N–H and O–H groups in total. The van der Waals surface area contributed by atoms with E-state index in [1.54, 1.807) is 0 Å². The third-order valence-electron chi connectivity index (χ3n) is 1.83. The van der Waals surface area contributed by atoms with Gasteiger partial charge >= 0.3 is 0 Å². The number of hydrogen-bond acceptors (Lipinski definition) is 3. The Morgan fingerprint density at radius 2 is 2.33 bits per heavy atom. The SMILES string of the molecule is CCNC(=O)CCNCc1ccc(Br)o1. The smallest absolute Gasteiger partial charge is 0.221 e. The van der Waals surface area contributed by atoms with Crippen molar-refractivity contribution < 1.29 is 9.21 Å². The molecule has 1 amide bonds. The number of nitrogens with one attached hydrogen (secondary N) is 2. The van der Waals surface area contributed by atoms with Crippen LogP contribution in [0.5, 0.6) is 0 Å². The molecular weight excluding hydrogens is 260 g/mol. The van der Waals surface area contributed by atoms with E-state index in [1.165, 1.54) is 0 Å². The highest BCUT2D eigenvalue weighted by molar-refractivity contribution is 9.10. The summed E-state index contributed by atoms with van der Waals surface area (Å²) in [6, 6.07) is 3.74. The van der Waals surface area contributed by atoms with E-state index in [4.69, 9.17) is 4.42 Å². The van der Waals surface area contributed by atoms with Crippen molar-refractivity contribution in [1.82, 2.24) is 10.6 Å². The third-order valence-corrected chi connectivity index (χ3v) is 2.26. The van der Waals surface area contributed by atoms with Gasteiger partial charge in [0.25, 0.3) is 0 Å². The number of carbonyl (C=O) groups excluding carboxylic acids is 1. The van der Waals surface area contributed by atoms with Crippen LogP contribution in [0.4, 0.5) is 0 Å². The molecule has 0 aliphatic carbocycles. The standard InChI is InChI=1S/C10H15BrN2O2/c1-2-13-10(14)5-6-12-7-8-3-4-9(11)15-8/h3-4,12H,2,5-7H2,1H3,(H,13,14). The molecule has 0 radical (unpaired) electrons. The topological polar surface area (TPSA) is 54.3 Å². The minimum atomic E-state index is 0.0747. The summed E-state index contributed by atoms with van der Waals surface area (Å²) in [4.78, 5) is 11.1. The van der Waals surface area contributed by atoms with Crippen molar-refractivity contribution in [1.29, 1.82) is 0 Å². The van der Waals surface area contributed by atoms with Crippen LogP contribution in [-0.2, 0) is 11.3 Å². The highest BCUT2D eigenvalue weighted by Crippen LogP contribution is 2.13. The first-order valence-electron chi connectivity index (χ1n) is 4.94. The molecule has 4 nitrogen and oxygen atoms in total. The van der Waals surface area contributed by atoms with Gasteiger partial charge in [-0.05, 0) is 35.0 Å². The van der Waals surface area contributed by atoms with Crippen molar-refractivity contribution in [3.63, 3.8) is 0 Å². The van der Waals surface area contributed by atoms with Gasteiger partial charge in [-0.15, -0.1) is 0 Å². The highest BCUT2D eigenvalue weighted by atomic mass is 79.9. The van der Waals surface area contributed by atoms with Gasteiger partial charge in [-0.1, -0.05) is 0 Å². The Morgan fingerprint density at radius 1 is 1.53 bits per heavy atom. The molecule has 1 aromatic heterocycles. The summed E-state index contributed by atoms with van der Waals surface area (Å²) in [5.74, 6) is 0.934. The van der Waals surface area contributed by atoms with E-state index in [0.717, 1.165) is 10.4 Å². The van der Waals surface area contributed by atoms with E-state index in [1.807, 2.05) is 19.1 Å². The number of halogens is 1. The summed E-state index contributed by atoms with van der Waals surface area (Å²) < 4.78 is 6.02. The normalized spacial score (nSPS) is 10.3. The second-order valence-electron chi connectivity index (χ2n) is 3.09. The summed E-state index contributed by atoms with van der Waals surface area (Å²) in [7, 11) is 0. The predicted molar refractivity (Wildman–Crippen MR) is 61.4 cm³/mol. The Labute approximate surface area is 97.5 Å². The van der Waals surface area contributed by atoms with Crippen LogP contribution in [0.15, 0.2) is 21.2 Å². The van der Waals surface area contributed by atoms with Gasteiger partial charge in [0.05, 0.1) is 6.54 Å². The largest absolute Gasteiger partial charge is 0.453 e. The zero-order chi connectivity index (χ0) is 11.1. The van der Waals surface area contributed by atoms with Crippen LogP contribution in [0.3, 0.4) is 0 Å². The molecule has 0 aliphatic rings. The molecular formula is C10H15BrN2O2. The Kier molecular flexibility index (Phi) is 5.42. The van der Waals surface area contributed by atoms with E-state index in [0.29, 0.717) is 26.1 Å². The Balaban J connectivity index is 2.09. The third kappa shape index (κ3) is 4.99. The van der Waals surface area contributed by atoms with E-state index in [-0.39, 0.29) is 5.91 Å². The number of furan rings is 1. The lowest BCUT2D eigenvalue weighted by Crippen LogP contribution is -2.27. The van der Waals surface area contributed by atoms with Gasteiger partial charge in [0.2, 0.25) is 5.91 Å². The summed E-state index contributed by atoms with van der Waals surface area (Å²) in [5.41, 5.74) is 0. The number of carbonyl (C=O) groups is 1. The maximum atomic E-state index is 11.1. The summed E-state index contributed by atoms with van der Waals surface area (Å²) in [5, 5.41) is 5.87. The highest BCUT2D eigenvalue weighted by Gasteiger charge is 2.00. The Hall–Kier alpha value is -0.810. The van der Waals surface area contributed by atoms with Gasteiger partial charge in [-0.3, -0.25) is 4.79 Å². The molecule has 84 valence electrons. The van der Waals surface area contributed by atoms with Crippen molar-refractivity contribution in [2.45, 2.75) is 19.9 Å². The fourth-order valence-electron chi connectivity index (χ4n) is 1.15. The summed E-state index contributed by atoms with van der Waals surface area (Å²) in [6.07, 6.45) is 0.496.